The van der Waals surface area contributed by atoms with Crippen molar-refractivity contribution >= 4 is 5.78 Å². The largest absolute Gasteiger partial charge is 0.295 e. The molecule has 0 spiro atoms. The van der Waals surface area contributed by atoms with E-state index in [0.29, 0.717) is 0 Å². The quantitative estimate of drug-likeness (QED) is 0.382. The molecular formula is C9H15NO3. The molecule has 0 unspecified atom stereocenters. The van der Waals surface area contributed by atoms with Crippen LogP contribution in [0.1, 0.15) is 34.1 Å². The topological polar surface area (TPSA) is 60.2 Å². The Morgan fingerprint density at radius 2 is 1.92 bits per heavy atom. The van der Waals surface area contributed by atoms with Crippen molar-refractivity contribution in [2.45, 2.75) is 39.7 Å². The first-order chi connectivity index (χ1) is 5.75. The van der Waals surface area contributed by atoms with Crippen LogP contribution in [0, 0.1) is 10.1 Å². The van der Waals surface area contributed by atoms with E-state index in [1.54, 1.807) is 13.8 Å². The Labute approximate surface area is 77.8 Å². The van der Waals surface area contributed by atoms with Gasteiger partial charge < -0.3 is 0 Å². The summed E-state index contributed by atoms with van der Waals surface area (Å²) >= 11 is 0. The van der Waals surface area contributed by atoms with E-state index in [1.165, 1.54) is 19.9 Å². The average Bonchev–Trinajstić information content (AvgIpc) is 1.82. The van der Waals surface area contributed by atoms with Crippen LogP contribution in [0.4, 0.5) is 0 Å². The van der Waals surface area contributed by atoms with Gasteiger partial charge in [0.2, 0.25) is 5.54 Å². The van der Waals surface area contributed by atoms with Gasteiger partial charge in [0.05, 0.1) is 6.42 Å². The van der Waals surface area contributed by atoms with Gasteiger partial charge in [-0.05, 0) is 19.9 Å². The SMILES string of the molecule is CC(C)=CC(=O)CC(C)(C)[N+](=O)[O-]. The molecule has 0 saturated heterocycles. The molecule has 74 valence electrons. The van der Waals surface area contributed by atoms with Gasteiger partial charge in [0.25, 0.3) is 0 Å². The summed E-state index contributed by atoms with van der Waals surface area (Å²) in [4.78, 5) is 21.2. The van der Waals surface area contributed by atoms with E-state index in [0.717, 1.165) is 5.57 Å². The summed E-state index contributed by atoms with van der Waals surface area (Å²) in [5, 5.41) is 10.5. The van der Waals surface area contributed by atoms with Crippen LogP contribution >= 0.6 is 0 Å². The lowest BCUT2D eigenvalue weighted by Crippen LogP contribution is -2.33. The fourth-order valence-electron chi connectivity index (χ4n) is 0.864. The molecule has 0 aliphatic heterocycles. The highest BCUT2D eigenvalue weighted by Gasteiger charge is 2.32. The predicted molar refractivity (Wildman–Crippen MR) is 50.1 cm³/mol. The Kier molecular flexibility index (Phi) is 3.78. The number of ketones is 1. The smallest absolute Gasteiger partial charge is 0.224 e. The third-order valence-electron chi connectivity index (χ3n) is 1.55. The third kappa shape index (κ3) is 4.40. The molecule has 0 rings (SSSR count). The number of carbonyl (C=O) groups excluding carboxylic acids is 1. The van der Waals surface area contributed by atoms with Crippen molar-refractivity contribution < 1.29 is 9.72 Å². The molecule has 0 aromatic carbocycles. The number of rotatable bonds is 4. The highest BCUT2D eigenvalue weighted by Crippen LogP contribution is 2.14. The second-order valence-corrected chi connectivity index (χ2v) is 3.93. The zero-order valence-corrected chi connectivity index (χ0v) is 8.46. The van der Waals surface area contributed by atoms with Gasteiger partial charge in [0, 0.05) is 18.8 Å². The van der Waals surface area contributed by atoms with Crippen molar-refractivity contribution in [3.63, 3.8) is 0 Å². The first kappa shape index (κ1) is 11.8. The standard InChI is InChI=1S/C9H15NO3/c1-7(2)5-8(11)6-9(3,4)10(12)13/h5H,6H2,1-4H3. The summed E-state index contributed by atoms with van der Waals surface area (Å²) in [7, 11) is 0. The van der Waals surface area contributed by atoms with Gasteiger partial charge in [-0.2, -0.15) is 0 Å². The second kappa shape index (κ2) is 4.16. The Bertz CT molecular complexity index is 250. The number of nitro groups is 1. The van der Waals surface area contributed by atoms with Crippen molar-refractivity contribution in [1.29, 1.82) is 0 Å². The molecule has 0 aromatic rings. The lowest BCUT2D eigenvalue weighted by molar-refractivity contribution is -0.559. The second-order valence-electron chi connectivity index (χ2n) is 3.93. The van der Waals surface area contributed by atoms with Crippen molar-refractivity contribution in [2.24, 2.45) is 0 Å². The van der Waals surface area contributed by atoms with E-state index in [4.69, 9.17) is 0 Å². The van der Waals surface area contributed by atoms with Crippen LogP contribution < -0.4 is 0 Å². The Hall–Kier alpha value is -1.19. The molecule has 0 heterocycles. The number of allylic oxidation sites excluding steroid dienone is 2. The molecular weight excluding hydrogens is 170 g/mol. The molecule has 4 nitrogen and oxygen atoms in total. The van der Waals surface area contributed by atoms with Crippen molar-refractivity contribution in [3.05, 3.63) is 21.8 Å². The van der Waals surface area contributed by atoms with Gasteiger partial charge in [-0.3, -0.25) is 14.9 Å². The number of hydrogen-bond donors (Lipinski definition) is 0. The number of hydrogen-bond acceptors (Lipinski definition) is 3. The van der Waals surface area contributed by atoms with Crippen LogP contribution in [-0.2, 0) is 4.79 Å². The van der Waals surface area contributed by atoms with Gasteiger partial charge >= 0.3 is 0 Å². The maximum absolute atomic E-state index is 11.2. The Morgan fingerprint density at radius 3 is 2.23 bits per heavy atom. The molecule has 0 radical (unpaired) electrons. The molecule has 0 fully saturated rings. The predicted octanol–water partition coefficient (Wildman–Crippen LogP) is 1.97. The summed E-state index contributed by atoms with van der Waals surface area (Å²) < 4.78 is 0. The minimum atomic E-state index is -1.16. The molecule has 0 aliphatic carbocycles. The molecule has 0 saturated carbocycles. The highest BCUT2D eigenvalue weighted by atomic mass is 16.6. The van der Waals surface area contributed by atoms with Crippen LogP contribution in [0.15, 0.2) is 11.6 Å². The minimum absolute atomic E-state index is 0.0504. The normalized spacial score (nSPS) is 10.8. The minimum Gasteiger partial charge on any atom is -0.295 e. The Balaban J connectivity index is 4.38. The zero-order chi connectivity index (χ0) is 10.6. The van der Waals surface area contributed by atoms with Crippen molar-refractivity contribution in [2.75, 3.05) is 0 Å². The first-order valence-corrected chi connectivity index (χ1v) is 4.08. The highest BCUT2D eigenvalue weighted by molar-refractivity contribution is 5.90. The molecule has 0 amide bonds. The third-order valence-corrected chi connectivity index (χ3v) is 1.55. The van der Waals surface area contributed by atoms with E-state index in [9.17, 15) is 14.9 Å². The molecule has 4 heteroatoms. The lowest BCUT2D eigenvalue weighted by Gasteiger charge is -2.12. The summed E-state index contributed by atoms with van der Waals surface area (Å²) in [5.74, 6) is -0.193. The van der Waals surface area contributed by atoms with Crippen LogP contribution in [0.3, 0.4) is 0 Å². The van der Waals surface area contributed by atoms with Crippen molar-refractivity contribution in [1.82, 2.24) is 0 Å². The zero-order valence-electron chi connectivity index (χ0n) is 8.46. The van der Waals surface area contributed by atoms with E-state index < -0.39 is 10.5 Å². The summed E-state index contributed by atoms with van der Waals surface area (Å²) in [6.45, 7) is 6.47. The fourth-order valence-corrected chi connectivity index (χ4v) is 0.864. The first-order valence-electron chi connectivity index (χ1n) is 4.08. The monoisotopic (exact) mass is 185 g/mol. The number of carbonyl (C=O) groups is 1. The molecule has 0 atom stereocenters. The van der Waals surface area contributed by atoms with Gasteiger partial charge in [0.15, 0.2) is 5.78 Å². The lowest BCUT2D eigenvalue weighted by atomic mass is 9.98. The van der Waals surface area contributed by atoms with E-state index >= 15 is 0 Å². The van der Waals surface area contributed by atoms with E-state index in [1.807, 2.05) is 0 Å². The maximum Gasteiger partial charge on any atom is 0.224 e. The van der Waals surface area contributed by atoms with E-state index in [-0.39, 0.29) is 12.2 Å². The van der Waals surface area contributed by atoms with Crippen LogP contribution in [0.25, 0.3) is 0 Å². The molecule has 0 aromatic heterocycles. The number of nitrogens with zero attached hydrogens (tertiary/aromatic N) is 1. The van der Waals surface area contributed by atoms with Crippen LogP contribution in [-0.4, -0.2) is 16.2 Å². The van der Waals surface area contributed by atoms with Gasteiger partial charge in [-0.15, -0.1) is 0 Å². The van der Waals surface area contributed by atoms with Crippen LogP contribution in [0.5, 0.6) is 0 Å². The van der Waals surface area contributed by atoms with Gasteiger partial charge in [-0.25, -0.2) is 0 Å². The maximum atomic E-state index is 11.2. The van der Waals surface area contributed by atoms with Gasteiger partial charge in [0.1, 0.15) is 0 Å². The fraction of sp³-hybridized carbons (Fsp3) is 0.667. The van der Waals surface area contributed by atoms with Crippen LogP contribution in [0.2, 0.25) is 0 Å². The summed E-state index contributed by atoms with van der Waals surface area (Å²) in [6, 6.07) is 0. The summed E-state index contributed by atoms with van der Waals surface area (Å²) in [5.41, 5.74) is -0.299. The van der Waals surface area contributed by atoms with E-state index in [2.05, 4.69) is 0 Å². The van der Waals surface area contributed by atoms with Gasteiger partial charge in [-0.1, -0.05) is 5.57 Å². The average molecular weight is 185 g/mol. The molecule has 0 bridgehead atoms. The molecule has 13 heavy (non-hydrogen) atoms. The molecule has 0 N–H and O–H groups in total. The van der Waals surface area contributed by atoms with Crippen molar-refractivity contribution in [3.8, 4) is 0 Å². The summed E-state index contributed by atoms with van der Waals surface area (Å²) in [6.07, 6.45) is 1.39. The Morgan fingerprint density at radius 1 is 1.46 bits per heavy atom. The molecule has 0 aliphatic rings.